The lowest BCUT2D eigenvalue weighted by Gasteiger charge is -2.50. The summed E-state index contributed by atoms with van der Waals surface area (Å²) in [7, 11) is 1.38. The third-order valence-electron chi connectivity index (χ3n) is 13.2. The van der Waals surface area contributed by atoms with Crippen LogP contribution in [0, 0.1) is 17.8 Å². The number of aliphatic hydroxyl groups is 12. The van der Waals surface area contributed by atoms with Gasteiger partial charge >= 0.3 is 17.9 Å². The molecule has 6 fully saturated rings. The lowest BCUT2D eigenvalue weighted by atomic mass is 9.72. The Kier molecular flexibility index (Phi) is 17.1. The van der Waals surface area contributed by atoms with E-state index in [0.717, 1.165) is 0 Å². The van der Waals surface area contributed by atoms with Gasteiger partial charge in [0.05, 0.1) is 36.4 Å². The fourth-order valence-corrected chi connectivity index (χ4v) is 9.66. The summed E-state index contributed by atoms with van der Waals surface area (Å²) in [6.45, 7) is -1.22. The van der Waals surface area contributed by atoms with Crippen molar-refractivity contribution in [1.29, 1.82) is 0 Å². The Bertz CT molecular complexity index is 1510. The highest BCUT2D eigenvalue weighted by molar-refractivity contribution is 5.90. The van der Waals surface area contributed by atoms with Crippen LogP contribution in [0.4, 0.5) is 0 Å². The molecule has 0 amide bonds. The molecular formula is C40H63O22+. The van der Waals surface area contributed by atoms with Crippen molar-refractivity contribution in [3.8, 4) is 0 Å². The Morgan fingerprint density at radius 1 is 0.645 bits per heavy atom. The highest BCUT2D eigenvalue weighted by atomic mass is 16.7. The molecule has 3 heterocycles. The van der Waals surface area contributed by atoms with E-state index in [1.54, 1.807) is 6.08 Å². The molecule has 0 aromatic heterocycles. The standard InChI is InChI=1S/C40H62O22/c1-55-24-9-17(8-21(43)31(24)48)38-25(60-40-37(54)35(52)32(49)26(62-40)14-56-29(46)7-4-16-2-5-18(41)6-3-16)12-20-22(58-38)10-19(42)11-23(20)59-39-36(53)34(51)33(50)27(61-39)15-57-30(47)13-28(44)45/h4,7,16-27,31-43,48-54H,2-3,5-6,8-15H2,1H3,(H,44,45)/p+1. The lowest BCUT2D eigenvalue weighted by Crippen LogP contribution is -2.64. The first-order chi connectivity index (χ1) is 29.4. The Morgan fingerprint density at radius 2 is 1.24 bits per heavy atom. The molecule has 22 heteroatoms. The highest BCUT2D eigenvalue weighted by Crippen LogP contribution is 2.44. The molecule has 6 aliphatic rings. The number of ether oxygens (including phenoxy) is 8. The molecule has 20 atom stereocenters. The van der Waals surface area contributed by atoms with Crippen LogP contribution in [-0.4, -0.2) is 215 Å². The van der Waals surface area contributed by atoms with Gasteiger partial charge in [0.2, 0.25) is 0 Å². The largest absolute Gasteiger partial charge is 0.481 e. The summed E-state index contributed by atoms with van der Waals surface area (Å²) in [5, 5.41) is 116. The van der Waals surface area contributed by atoms with Gasteiger partial charge in [0, 0.05) is 31.9 Å². The van der Waals surface area contributed by atoms with Crippen molar-refractivity contribution >= 4 is 17.9 Å². The van der Waals surface area contributed by atoms with Crippen molar-refractivity contribution in [1.82, 2.24) is 0 Å². The normalized spacial score (nSPS) is 46.4. The van der Waals surface area contributed by atoms with Crippen LogP contribution in [0.1, 0.15) is 64.2 Å². The van der Waals surface area contributed by atoms with E-state index >= 15 is 0 Å². The van der Waals surface area contributed by atoms with Gasteiger partial charge in [0.1, 0.15) is 80.7 Å². The van der Waals surface area contributed by atoms with Crippen LogP contribution >= 0.6 is 0 Å². The number of rotatable bonds is 14. The molecule has 354 valence electrons. The van der Waals surface area contributed by atoms with Gasteiger partial charge in [-0.25, -0.2) is 4.79 Å². The molecule has 62 heavy (non-hydrogen) atoms. The molecule has 0 radical (unpaired) electrons. The number of carboxylic acids is 1. The van der Waals surface area contributed by atoms with Crippen molar-refractivity contribution in [3.63, 3.8) is 0 Å². The van der Waals surface area contributed by atoms with E-state index in [2.05, 4.69) is 0 Å². The number of carbonyl (C=O) groups excluding carboxylic acids is 2. The summed E-state index contributed by atoms with van der Waals surface area (Å²) in [6.07, 6.45) is -19.9. The molecule has 3 aliphatic carbocycles. The second-order valence-electron chi connectivity index (χ2n) is 17.5. The van der Waals surface area contributed by atoms with Gasteiger partial charge in [-0.1, -0.05) is 6.08 Å². The van der Waals surface area contributed by atoms with Crippen LogP contribution in [0.5, 0.6) is 0 Å². The average molecular weight is 896 g/mol. The summed E-state index contributed by atoms with van der Waals surface area (Å²) in [6, 6.07) is 0. The predicted octanol–water partition coefficient (Wildman–Crippen LogP) is -4.37. The molecule has 3 saturated heterocycles. The van der Waals surface area contributed by atoms with E-state index < -0.39 is 160 Å². The number of carboxylic acid groups (broad SMARTS) is 1. The van der Waals surface area contributed by atoms with E-state index in [0.29, 0.717) is 25.7 Å². The number of hydrogen-bond acceptors (Lipinski definition) is 20. The van der Waals surface area contributed by atoms with E-state index in [1.807, 2.05) is 0 Å². The maximum absolute atomic E-state index is 12.6. The van der Waals surface area contributed by atoms with E-state index in [1.165, 1.54) is 13.2 Å². The zero-order valence-corrected chi connectivity index (χ0v) is 34.3. The minimum atomic E-state index is -1.86. The van der Waals surface area contributed by atoms with Gasteiger partial charge in [-0.3, -0.25) is 9.59 Å². The molecule has 6 rings (SSSR count). The number of carbonyl (C=O) groups is 3. The molecule has 12 N–H and O–H groups in total. The summed E-state index contributed by atoms with van der Waals surface area (Å²) in [4.78, 5) is 35.4. The Hall–Kier alpha value is -2.49. The number of aliphatic hydroxyl groups excluding tert-OH is 10. The number of aliphatic carboxylic acids is 1. The maximum Gasteiger partial charge on any atom is 0.330 e. The molecule has 0 spiro atoms. The van der Waals surface area contributed by atoms with E-state index in [-0.39, 0.29) is 44.1 Å². The molecule has 3 saturated carbocycles. The number of fused-ring (bicyclic) bond motifs is 1. The highest BCUT2D eigenvalue weighted by Gasteiger charge is 2.57. The molecule has 20 unspecified atom stereocenters. The lowest BCUT2D eigenvalue weighted by molar-refractivity contribution is -0.368. The van der Waals surface area contributed by atoms with Crippen LogP contribution in [0.3, 0.4) is 0 Å². The second-order valence-corrected chi connectivity index (χ2v) is 17.5. The van der Waals surface area contributed by atoms with E-state index in [9.17, 15) is 65.4 Å². The van der Waals surface area contributed by atoms with E-state index in [4.69, 9.17) is 43.0 Å². The maximum atomic E-state index is 12.6. The quantitative estimate of drug-likeness (QED) is 0.0340. The number of hydrogen-bond donors (Lipinski definition) is 11. The number of methoxy groups -OCH3 is 1. The van der Waals surface area contributed by atoms with Crippen LogP contribution < -0.4 is 0 Å². The fourth-order valence-electron chi connectivity index (χ4n) is 9.66. The fraction of sp³-hybridized carbons (Fsp3) is 0.875. The average Bonchev–Trinajstić information content (AvgIpc) is 3.23. The Balaban J connectivity index is 1.19. The zero-order valence-electron chi connectivity index (χ0n) is 34.3. The predicted molar refractivity (Wildman–Crippen MR) is 203 cm³/mol. The van der Waals surface area contributed by atoms with Gasteiger partial charge in [0.15, 0.2) is 24.8 Å². The smallest absolute Gasteiger partial charge is 0.330 e. The third kappa shape index (κ3) is 11.8. The van der Waals surface area contributed by atoms with Crippen LogP contribution in [0.15, 0.2) is 12.2 Å². The topological polar surface area (TPSA) is 351 Å². The second kappa shape index (κ2) is 21.7. The first-order valence-electron chi connectivity index (χ1n) is 21.3. The SMILES string of the molecule is COC1CC(C2[OH+]C3CC(O)CC(OC4OC(COC(=O)CC(=O)O)C(O)C(O)C4O)C3CC2OC2OC(COC(=O)C=CC3CCC(O)CC3)C(O)C(O)C2O)CC(O)C1O. The van der Waals surface area contributed by atoms with Crippen molar-refractivity contribution in [2.24, 2.45) is 17.8 Å². The third-order valence-corrected chi connectivity index (χ3v) is 13.2. The van der Waals surface area contributed by atoms with Crippen molar-refractivity contribution in [3.05, 3.63) is 12.2 Å². The first-order valence-corrected chi connectivity index (χ1v) is 21.3. The molecule has 3 aliphatic heterocycles. The molecule has 22 nitrogen and oxygen atoms in total. The number of allylic oxidation sites excluding steroid dienone is 1. The minimum Gasteiger partial charge on any atom is -0.481 e. The summed E-state index contributed by atoms with van der Waals surface area (Å²) < 4.78 is 45.1. The molecule has 0 aromatic carbocycles. The van der Waals surface area contributed by atoms with Gasteiger partial charge < -0.3 is 94.1 Å². The Labute approximate surface area is 356 Å². The van der Waals surface area contributed by atoms with Crippen LogP contribution in [0.2, 0.25) is 0 Å². The van der Waals surface area contributed by atoms with Crippen molar-refractivity contribution in [2.45, 2.75) is 181 Å². The monoisotopic (exact) mass is 895 g/mol. The van der Waals surface area contributed by atoms with Crippen LogP contribution in [0.25, 0.3) is 0 Å². The van der Waals surface area contributed by atoms with Crippen molar-refractivity contribution in [2.75, 3.05) is 20.3 Å². The zero-order chi connectivity index (χ0) is 45.0. The summed E-state index contributed by atoms with van der Waals surface area (Å²) in [5.74, 6) is -4.39. The molecule has 0 bridgehead atoms. The first kappa shape index (κ1) is 49.0. The molecule has 0 aromatic rings. The molecular weight excluding hydrogens is 832 g/mol. The summed E-state index contributed by atoms with van der Waals surface area (Å²) in [5.41, 5.74) is 0. The van der Waals surface area contributed by atoms with Crippen LogP contribution in [-0.2, 0) is 47.5 Å². The minimum absolute atomic E-state index is 0.0320. The number of esters is 2. The van der Waals surface area contributed by atoms with Gasteiger partial charge in [-0.05, 0) is 50.9 Å². The van der Waals surface area contributed by atoms with Gasteiger partial charge in [-0.2, -0.15) is 0 Å². The van der Waals surface area contributed by atoms with Crippen molar-refractivity contribution < 1.29 is 108 Å². The van der Waals surface area contributed by atoms with Gasteiger partial charge in [-0.15, -0.1) is 0 Å². The Morgan fingerprint density at radius 3 is 1.84 bits per heavy atom. The van der Waals surface area contributed by atoms with Gasteiger partial charge in [0.25, 0.3) is 0 Å². The summed E-state index contributed by atoms with van der Waals surface area (Å²) >= 11 is 0.